The van der Waals surface area contributed by atoms with Crippen molar-refractivity contribution in [1.29, 1.82) is 0 Å². The monoisotopic (exact) mass is 356 g/mol. The molecule has 0 amide bonds. The van der Waals surface area contributed by atoms with Gasteiger partial charge in [0.2, 0.25) is 5.82 Å². The highest BCUT2D eigenvalue weighted by atomic mass is 35.5. The van der Waals surface area contributed by atoms with Crippen molar-refractivity contribution in [3.8, 4) is 22.9 Å². The van der Waals surface area contributed by atoms with E-state index in [1.807, 2.05) is 47.9 Å². The average molecular weight is 357 g/mol. The molecule has 8 nitrogen and oxygen atoms in total. The molecule has 9 heteroatoms. The summed E-state index contributed by atoms with van der Waals surface area (Å²) in [4.78, 5) is 8.70. The summed E-state index contributed by atoms with van der Waals surface area (Å²) < 4.78 is 5.42. The summed E-state index contributed by atoms with van der Waals surface area (Å²) in [5.41, 5.74) is 9.15. The molecule has 128 valence electrons. The molecule has 2 N–H and O–H groups in total. The van der Waals surface area contributed by atoms with Gasteiger partial charge in [-0.25, -0.2) is 14.5 Å². The molecule has 0 bridgehead atoms. The van der Waals surface area contributed by atoms with Gasteiger partial charge in [-0.15, -0.1) is 5.10 Å². The van der Waals surface area contributed by atoms with Crippen LogP contribution in [0.2, 0.25) is 5.15 Å². The zero-order chi connectivity index (χ0) is 17.6. The van der Waals surface area contributed by atoms with E-state index in [2.05, 4.69) is 20.2 Å². The number of nitrogens with zero attached hydrogens (tertiary/aromatic N) is 7. The molecule has 4 aromatic heterocycles. The summed E-state index contributed by atoms with van der Waals surface area (Å²) in [6.07, 6.45) is 7.37. The molecule has 0 aromatic carbocycles. The number of hydrogen-bond donors (Lipinski definition) is 1. The fourth-order valence-corrected chi connectivity index (χ4v) is 3.19. The van der Waals surface area contributed by atoms with Gasteiger partial charge in [-0.05, 0) is 18.6 Å². The lowest BCUT2D eigenvalue weighted by Gasteiger charge is -2.03. The number of imidazole rings is 1. The Morgan fingerprint density at radius 2 is 2.08 bits per heavy atom. The Labute approximate surface area is 148 Å². The largest absolute Gasteiger partial charge is 0.331 e. The zero-order valence-corrected chi connectivity index (χ0v) is 14.6. The zero-order valence-electron chi connectivity index (χ0n) is 13.9. The molecule has 0 unspecified atom stereocenters. The summed E-state index contributed by atoms with van der Waals surface area (Å²) in [6, 6.07) is 1.96. The standard InChI is InChI=1S/C16H17ClN8/c1-10-11(12-3-6-24(21-12)7-4-18)9-25-13(10)14(17)20-15(22-25)16-19-5-8-23(16)2/h3,5-6,8-9H,4,7,18H2,1-2H3. The van der Waals surface area contributed by atoms with Crippen molar-refractivity contribution in [2.45, 2.75) is 13.5 Å². The Morgan fingerprint density at radius 3 is 2.80 bits per heavy atom. The third kappa shape index (κ3) is 2.59. The minimum atomic E-state index is 0.387. The van der Waals surface area contributed by atoms with Gasteiger partial charge in [0.25, 0.3) is 0 Å². The second-order valence-electron chi connectivity index (χ2n) is 5.80. The molecule has 4 aromatic rings. The number of rotatable bonds is 4. The van der Waals surface area contributed by atoms with E-state index in [0.29, 0.717) is 29.9 Å². The van der Waals surface area contributed by atoms with E-state index in [4.69, 9.17) is 17.3 Å². The van der Waals surface area contributed by atoms with Gasteiger partial charge in [0, 0.05) is 43.9 Å². The van der Waals surface area contributed by atoms with E-state index in [-0.39, 0.29) is 0 Å². The van der Waals surface area contributed by atoms with Gasteiger partial charge < -0.3 is 10.3 Å². The Kier molecular flexibility index (Phi) is 3.78. The highest BCUT2D eigenvalue weighted by molar-refractivity contribution is 6.33. The third-order valence-corrected chi connectivity index (χ3v) is 4.40. The number of aryl methyl sites for hydroxylation is 2. The van der Waals surface area contributed by atoms with Crippen molar-refractivity contribution in [2.75, 3.05) is 6.54 Å². The van der Waals surface area contributed by atoms with Crippen LogP contribution in [-0.2, 0) is 13.6 Å². The van der Waals surface area contributed by atoms with Crippen molar-refractivity contribution >= 4 is 17.1 Å². The van der Waals surface area contributed by atoms with Gasteiger partial charge in [0.15, 0.2) is 11.0 Å². The SMILES string of the molecule is Cc1c(-c2ccn(CCN)n2)cn2nc(-c3nccn3C)nc(Cl)c12. The van der Waals surface area contributed by atoms with Crippen LogP contribution in [-0.4, -0.2) is 40.5 Å². The van der Waals surface area contributed by atoms with Crippen LogP contribution in [0, 0.1) is 6.92 Å². The molecule has 0 fully saturated rings. The van der Waals surface area contributed by atoms with Crippen LogP contribution < -0.4 is 5.73 Å². The highest BCUT2D eigenvalue weighted by Gasteiger charge is 2.18. The van der Waals surface area contributed by atoms with E-state index in [0.717, 1.165) is 22.3 Å². The third-order valence-electron chi connectivity index (χ3n) is 4.14. The summed E-state index contributed by atoms with van der Waals surface area (Å²) in [5, 5.41) is 9.52. The quantitative estimate of drug-likeness (QED) is 0.603. The van der Waals surface area contributed by atoms with Crippen molar-refractivity contribution in [3.05, 3.63) is 41.6 Å². The lowest BCUT2D eigenvalue weighted by atomic mass is 10.1. The van der Waals surface area contributed by atoms with E-state index in [1.54, 1.807) is 10.7 Å². The lowest BCUT2D eigenvalue weighted by molar-refractivity contribution is 0.627. The van der Waals surface area contributed by atoms with E-state index >= 15 is 0 Å². The van der Waals surface area contributed by atoms with Crippen molar-refractivity contribution in [2.24, 2.45) is 12.8 Å². The smallest absolute Gasteiger partial charge is 0.217 e. The van der Waals surface area contributed by atoms with Gasteiger partial charge in [-0.2, -0.15) is 5.10 Å². The number of hydrogen-bond acceptors (Lipinski definition) is 5. The van der Waals surface area contributed by atoms with E-state index in [1.165, 1.54) is 0 Å². The molecule has 0 radical (unpaired) electrons. The van der Waals surface area contributed by atoms with Crippen LogP contribution in [0.25, 0.3) is 28.4 Å². The van der Waals surface area contributed by atoms with Crippen LogP contribution in [0.1, 0.15) is 5.56 Å². The number of aromatic nitrogens is 7. The maximum Gasteiger partial charge on any atom is 0.217 e. The van der Waals surface area contributed by atoms with Crippen molar-refractivity contribution < 1.29 is 0 Å². The molecule has 0 atom stereocenters. The summed E-state index contributed by atoms with van der Waals surface area (Å²) in [6.45, 7) is 3.21. The maximum atomic E-state index is 6.44. The van der Waals surface area contributed by atoms with Gasteiger partial charge in [0.05, 0.1) is 12.2 Å². The molecule has 0 saturated heterocycles. The summed E-state index contributed by atoms with van der Waals surface area (Å²) in [5.74, 6) is 1.13. The minimum Gasteiger partial charge on any atom is -0.331 e. The van der Waals surface area contributed by atoms with Crippen LogP contribution >= 0.6 is 11.6 Å². The Morgan fingerprint density at radius 1 is 1.24 bits per heavy atom. The lowest BCUT2D eigenvalue weighted by Crippen LogP contribution is -2.10. The number of halogens is 1. The number of nitrogens with two attached hydrogens (primary N) is 1. The molecule has 0 saturated carbocycles. The molecule has 0 aliphatic carbocycles. The Bertz CT molecular complexity index is 1060. The average Bonchev–Trinajstić information content (AvgIpc) is 3.27. The van der Waals surface area contributed by atoms with Gasteiger partial charge in [-0.3, -0.25) is 4.68 Å². The predicted molar refractivity (Wildman–Crippen MR) is 95.2 cm³/mol. The first-order valence-electron chi connectivity index (χ1n) is 7.85. The fourth-order valence-electron chi connectivity index (χ4n) is 2.88. The van der Waals surface area contributed by atoms with E-state index in [9.17, 15) is 0 Å². The normalized spacial score (nSPS) is 11.5. The van der Waals surface area contributed by atoms with Crippen LogP contribution in [0.15, 0.2) is 30.9 Å². The first-order valence-corrected chi connectivity index (χ1v) is 8.23. The number of fused-ring (bicyclic) bond motifs is 1. The first kappa shape index (κ1) is 15.8. The minimum absolute atomic E-state index is 0.387. The second kappa shape index (κ2) is 5.98. The first-order chi connectivity index (χ1) is 12.1. The maximum absolute atomic E-state index is 6.44. The molecule has 0 aliphatic heterocycles. The van der Waals surface area contributed by atoms with Crippen molar-refractivity contribution in [1.82, 2.24) is 33.9 Å². The molecular formula is C16H17ClN8. The molecule has 0 aliphatic rings. The van der Waals surface area contributed by atoms with Crippen LogP contribution in [0.3, 0.4) is 0 Å². The molecule has 25 heavy (non-hydrogen) atoms. The molecule has 4 rings (SSSR count). The molecular weight excluding hydrogens is 340 g/mol. The molecule has 4 heterocycles. The molecule has 0 spiro atoms. The highest BCUT2D eigenvalue weighted by Crippen LogP contribution is 2.30. The van der Waals surface area contributed by atoms with Crippen LogP contribution in [0.4, 0.5) is 0 Å². The van der Waals surface area contributed by atoms with Crippen molar-refractivity contribution in [3.63, 3.8) is 0 Å². The van der Waals surface area contributed by atoms with E-state index < -0.39 is 0 Å². The van der Waals surface area contributed by atoms with Gasteiger partial charge in [-0.1, -0.05) is 11.6 Å². The Hall–Kier alpha value is -2.71. The summed E-state index contributed by atoms with van der Waals surface area (Å²) >= 11 is 6.44. The fraction of sp³-hybridized carbons (Fsp3) is 0.250. The van der Waals surface area contributed by atoms with Gasteiger partial charge in [0.1, 0.15) is 5.52 Å². The predicted octanol–water partition coefficient (Wildman–Crippen LogP) is 1.91. The van der Waals surface area contributed by atoms with Crippen LogP contribution in [0.5, 0.6) is 0 Å². The summed E-state index contributed by atoms with van der Waals surface area (Å²) in [7, 11) is 1.89. The van der Waals surface area contributed by atoms with Gasteiger partial charge >= 0.3 is 0 Å². The Balaban J connectivity index is 1.86. The topological polar surface area (TPSA) is 91.9 Å². The second-order valence-corrected chi connectivity index (χ2v) is 6.16.